The third-order valence-electron chi connectivity index (χ3n) is 1.30. The van der Waals surface area contributed by atoms with E-state index in [2.05, 4.69) is 19.2 Å². The second-order valence-electron chi connectivity index (χ2n) is 2.87. The fourth-order valence-electron chi connectivity index (χ4n) is 0.810. The molecular weight excluding hydrogens is 217 g/mol. The van der Waals surface area contributed by atoms with E-state index in [9.17, 15) is 0 Å². The van der Waals surface area contributed by atoms with Gasteiger partial charge in [0.15, 0.2) is 0 Å². The highest BCUT2D eigenvalue weighted by Crippen LogP contribution is 2.24. The minimum Gasteiger partial charge on any atom is -0.385 e. The molecule has 1 rings (SSSR count). The van der Waals surface area contributed by atoms with Crippen molar-refractivity contribution in [1.82, 2.24) is 0 Å². The lowest BCUT2D eigenvalue weighted by Crippen LogP contribution is -1.95. The minimum atomic E-state index is 0.588. The molecule has 0 saturated heterocycles. The average molecular weight is 234 g/mol. The van der Waals surface area contributed by atoms with E-state index in [0.29, 0.717) is 10.0 Å². The zero-order chi connectivity index (χ0) is 11.0. The summed E-state index contributed by atoms with van der Waals surface area (Å²) in [6, 6.07) is 5.49. The molecule has 1 N–H and O–H groups in total. The Labute approximate surface area is 96.4 Å². The standard InChI is InChI=1S/C8H9Cl2N.C3H8/c1-2-11-6-3-4-7(9)8(10)5-6;1-3-2/h3-5,11H,2H2,1H3;3H2,1-2H3. The maximum Gasteiger partial charge on any atom is 0.0612 e. The van der Waals surface area contributed by atoms with Crippen LogP contribution in [0, 0.1) is 0 Å². The summed E-state index contributed by atoms with van der Waals surface area (Å²) in [6.07, 6.45) is 1.25. The van der Waals surface area contributed by atoms with Crippen LogP contribution < -0.4 is 5.32 Å². The molecule has 0 radical (unpaired) electrons. The van der Waals surface area contributed by atoms with Crippen LogP contribution in [-0.2, 0) is 0 Å². The van der Waals surface area contributed by atoms with E-state index < -0.39 is 0 Å². The van der Waals surface area contributed by atoms with Gasteiger partial charge in [-0.2, -0.15) is 0 Å². The largest absolute Gasteiger partial charge is 0.385 e. The monoisotopic (exact) mass is 233 g/mol. The average Bonchev–Trinajstić information content (AvgIpc) is 2.13. The lowest BCUT2D eigenvalue weighted by molar-refractivity contribution is 1.09. The molecule has 0 aliphatic heterocycles. The number of anilines is 1. The van der Waals surface area contributed by atoms with Crippen LogP contribution in [0.5, 0.6) is 0 Å². The van der Waals surface area contributed by atoms with Gasteiger partial charge in [-0.3, -0.25) is 0 Å². The van der Waals surface area contributed by atoms with E-state index in [4.69, 9.17) is 23.2 Å². The molecule has 3 heteroatoms. The van der Waals surface area contributed by atoms with Crippen LogP contribution in [-0.4, -0.2) is 6.54 Å². The molecule has 1 aromatic carbocycles. The van der Waals surface area contributed by atoms with Crippen molar-refractivity contribution in [2.45, 2.75) is 27.2 Å². The molecule has 14 heavy (non-hydrogen) atoms. The van der Waals surface area contributed by atoms with Crippen LogP contribution in [0.25, 0.3) is 0 Å². The third-order valence-corrected chi connectivity index (χ3v) is 2.04. The number of halogens is 2. The molecule has 0 amide bonds. The van der Waals surface area contributed by atoms with Crippen molar-refractivity contribution in [1.29, 1.82) is 0 Å². The maximum atomic E-state index is 5.78. The Balaban J connectivity index is 0.000000500. The highest BCUT2D eigenvalue weighted by atomic mass is 35.5. The molecule has 0 saturated carbocycles. The molecule has 1 aromatic rings. The summed E-state index contributed by atoms with van der Waals surface area (Å²) in [7, 11) is 0. The van der Waals surface area contributed by atoms with E-state index >= 15 is 0 Å². The van der Waals surface area contributed by atoms with Gasteiger partial charge in [-0.05, 0) is 25.1 Å². The van der Waals surface area contributed by atoms with Crippen LogP contribution in [0.15, 0.2) is 18.2 Å². The Hall–Kier alpha value is -0.400. The van der Waals surface area contributed by atoms with E-state index in [1.807, 2.05) is 19.1 Å². The van der Waals surface area contributed by atoms with Crippen molar-refractivity contribution < 1.29 is 0 Å². The molecule has 0 heterocycles. The highest BCUT2D eigenvalue weighted by molar-refractivity contribution is 6.42. The van der Waals surface area contributed by atoms with Crippen molar-refractivity contribution in [2.75, 3.05) is 11.9 Å². The number of rotatable bonds is 2. The topological polar surface area (TPSA) is 12.0 Å². The molecule has 0 aliphatic rings. The predicted octanol–water partition coefficient (Wildman–Crippen LogP) is 4.84. The Morgan fingerprint density at radius 2 is 1.64 bits per heavy atom. The molecule has 0 aromatic heterocycles. The second-order valence-corrected chi connectivity index (χ2v) is 3.68. The summed E-state index contributed by atoms with van der Waals surface area (Å²) in [4.78, 5) is 0. The fraction of sp³-hybridized carbons (Fsp3) is 0.455. The van der Waals surface area contributed by atoms with Gasteiger partial charge in [-0.15, -0.1) is 0 Å². The van der Waals surface area contributed by atoms with Crippen molar-refractivity contribution in [3.05, 3.63) is 28.2 Å². The second kappa shape index (κ2) is 7.95. The van der Waals surface area contributed by atoms with Gasteiger partial charge >= 0.3 is 0 Å². The van der Waals surface area contributed by atoms with Crippen molar-refractivity contribution in [3.8, 4) is 0 Å². The number of nitrogens with one attached hydrogen (secondary N) is 1. The van der Waals surface area contributed by atoms with Crippen LogP contribution in [0.4, 0.5) is 5.69 Å². The number of benzene rings is 1. The van der Waals surface area contributed by atoms with Gasteiger partial charge in [0.05, 0.1) is 10.0 Å². The van der Waals surface area contributed by atoms with E-state index in [1.165, 1.54) is 6.42 Å². The molecule has 1 nitrogen and oxygen atoms in total. The number of hydrogen-bond acceptors (Lipinski definition) is 1. The van der Waals surface area contributed by atoms with Gasteiger partial charge in [0, 0.05) is 12.2 Å². The van der Waals surface area contributed by atoms with Crippen molar-refractivity contribution in [2.24, 2.45) is 0 Å². The molecule has 0 bridgehead atoms. The van der Waals surface area contributed by atoms with Crippen molar-refractivity contribution >= 4 is 28.9 Å². The molecule has 0 spiro atoms. The predicted molar refractivity (Wildman–Crippen MR) is 66.6 cm³/mol. The molecular formula is C11H17Cl2N. The van der Waals surface area contributed by atoms with E-state index in [1.54, 1.807) is 6.07 Å². The fourth-order valence-corrected chi connectivity index (χ4v) is 1.11. The number of hydrogen-bond donors (Lipinski definition) is 1. The van der Waals surface area contributed by atoms with Gasteiger partial charge in [0.1, 0.15) is 0 Å². The van der Waals surface area contributed by atoms with Crippen LogP contribution in [0.3, 0.4) is 0 Å². The van der Waals surface area contributed by atoms with Gasteiger partial charge in [0.2, 0.25) is 0 Å². The van der Waals surface area contributed by atoms with Gasteiger partial charge in [0.25, 0.3) is 0 Å². The molecule has 0 unspecified atom stereocenters. The normalized spacial score (nSPS) is 8.93. The van der Waals surface area contributed by atoms with Crippen LogP contribution >= 0.6 is 23.2 Å². The lowest BCUT2D eigenvalue weighted by Gasteiger charge is -2.03. The van der Waals surface area contributed by atoms with E-state index in [-0.39, 0.29) is 0 Å². The third kappa shape index (κ3) is 5.36. The Kier molecular flexibility index (Phi) is 7.73. The summed E-state index contributed by atoms with van der Waals surface area (Å²) in [5.41, 5.74) is 1.00. The summed E-state index contributed by atoms with van der Waals surface area (Å²) >= 11 is 11.5. The van der Waals surface area contributed by atoms with Gasteiger partial charge in [-0.1, -0.05) is 43.5 Å². The quantitative estimate of drug-likeness (QED) is 0.771. The van der Waals surface area contributed by atoms with Crippen LogP contribution in [0.1, 0.15) is 27.2 Å². The van der Waals surface area contributed by atoms with Gasteiger partial charge < -0.3 is 5.32 Å². The van der Waals surface area contributed by atoms with Crippen LogP contribution in [0.2, 0.25) is 10.0 Å². The maximum absolute atomic E-state index is 5.78. The Morgan fingerprint density at radius 3 is 2.07 bits per heavy atom. The zero-order valence-electron chi connectivity index (χ0n) is 8.90. The summed E-state index contributed by atoms with van der Waals surface area (Å²) in [6.45, 7) is 7.17. The van der Waals surface area contributed by atoms with Gasteiger partial charge in [-0.25, -0.2) is 0 Å². The molecule has 0 aliphatic carbocycles. The first-order valence-electron chi connectivity index (χ1n) is 4.84. The summed E-state index contributed by atoms with van der Waals surface area (Å²) < 4.78 is 0. The summed E-state index contributed by atoms with van der Waals surface area (Å²) in [5.74, 6) is 0. The molecule has 80 valence electrons. The van der Waals surface area contributed by atoms with E-state index in [0.717, 1.165) is 12.2 Å². The first-order chi connectivity index (χ1) is 6.65. The van der Waals surface area contributed by atoms with Crippen molar-refractivity contribution in [3.63, 3.8) is 0 Å². The Bertz CT molecular complexity index is 261. The highest BCUT2D eigenvalue weighted by Gasteiger charge is 1.96. The zero-order valence-corrected chi connectivity index (χ0v) is 10.4. The first-order valence-corrected chi connectivity index (χ1v) is 5.60. The SMILES string of the molecule is CCC.CCNc1ccc(Cl)c(Cl)c1. The summed E-state index contributed by atoms with van der Waals surface area (Å²) in [5, 5.41) is 4.31. The first kappa shape index (κ1) is 13.6. The Morgan fingerprint density at radius 1 is 1.07 bits per heavy atom. The minimum absolute atomic E-state index is 0.588. The lowest BCUT2D eigenvalue weighted by atomic mass is 10.3. The smallest absolute Gasteiger partial charge is 0.0612 e. The molecule has 0 atom stereocenters. The molecule has 0 fully saturated rings.